The molecule has 0 spiro atoms. The first-order valence-corrected chi connectivity index (χ1v) is 7.54. The quantitative estimate of drug-likeness (QED) is 0.726. The summed E-state index contributed by atoms with van der Waals surface area (Å²) in [6.07, 6.45) is 0. The van der Waals surface area contributed by atoms with Crippen molar-refractivity contribution < 1.29 is 14.4 Å². The highest BCUT2D eigenvalue weighted by Gasteiger charge is 2.15. The molecule has 0 atom stereocenters. The van der Waals surface area contributed by atoms with E-state index in [-0.39, 0.29) is 12.3 Å². The van der Waals surface area contributed by atoms with E-state index in [0.29, 0.717) is 21.8 Å². The monoisotopic (exact) mass is 345 g/mol. The molecule has 6 nitrogen and oxygen atoms in total. The van der Waals surface area contributed by atoms with Crippen molar-refractivity contribution in [2.75, 3.05) is 18.9 Å². The smallest absolute Gasteiger partial charge is 0.321 e. The van der Waals surface area contributed by atoms with E-state index in [9.17, 15) is 14.4 Å². The van der Waals surface area contributed by atoms with Gasteiger partial charge in [-0.05, 0) is 18.2 Å². The lowest BCUT2D eigenvalue weighted by atomic mass is 10.0. The van der Waals surface area contributed by atoms with Crippen molar-refractivity contribution in [2.24, 2.45) is 0 Å². The third-order valence-electron chi connectivity index (χ3n) is 3.18. The average Bonchev–Trinajstić information content (AvgIpc) is 2.60. The first-order valence-electron chi connectivity index (χ1n) is 7.16. The van der Waals surface area contributed by atoms with Gasteiger partial charge >= 0.3 is 6.03 Å². The van der Waals surface area contributed by atoms with Gasteiger partial charge in [-0.15, -0.1) is 0 Å². The Morgan fingerprint density at radius 2 is 1.75 bits per heavy atom. The molecule has 0 radical (unpaired) electrons. The number of imide groups is 1. The van der Waals surface area contributed by atoms with Crippen LogP contribution in [0, 0.1) is 0 Å². The van der Waals surface area contributed by atoms with Gasteiger partial charge in [0.2, 0.25) is 5.91 Å². The summed E-state index contributed by atoms with van der Waals surface area (Å²) in [5, 5.41) is 7.67. The summed E-state index contributed by atoms with van der Waals surface area (Å²) in [4.78, 5) is 35.4. The molecule has 0 heterocycles. The molecule has 0 aromatic heterocycles. The van der Waals surface area contributed by atoms with Crippen LogP contribution in [0.25, 0.3) is 0 Å². The Kier molecular flexibility index (Phi) is 5.92. The lowest BCUT2D eigenvalue weighted by molar-refractivity contribution is -0.118. The Morgan fingerprint density at radius 3 is 2.42 bits per heavy atom. The number of benzene rings is 2. The van der Waals surface area contributed by atoms with Crippen LogP contribution >= 0.6 is 11.6 Å². The average molecular weight is 346 g/mol. The zero-order chi connectivity index (χ0) is 17.5. The summed E-state index contributed by atoms with van der Waals surface area (Å²) < 4.78 is 0. The van der Waals surface area contributed by atoms with E-state index in [1.165, 1.54) is 13.1 Å². The van der Waals surface area contributed by atoms with Gasteiger partial charge in [-0.2, -0.15) is 0 Å². The van der Waals surface area contributed by atoms with Crippen molar-refractivity contribution >= 4 is 35.0 Å². The molecule has 0 aliphatic heterocycles. The van der Waals surface area contributed by atoms with Gasteiger partial charge in [-0.1, -0.05) is 41.9 Å². The van der Waals surface area contributed by atoms with E-state index in [4.69, 9.17) is 11.6 Å². The first kappa shape index (κ1) is 17.5. The predicted octanol–water partition coefficient (Wildman–Crippen LogP) is 2.44. The molecule has 0 aliphatic carbocycles. The van der Waals surface area contributed by atoms with Crippen molar-refractivity contribution in [3.63, 3.8) is 0 Å². The maximum atomic E-state index is 12.6. The minimum Gasteiger partial charge on any atom is -0.376 e. The Morgan fingerprint density at radius 1 is 1.04 bits per heavy atom. The van der Waals surface area contributed by atoms with E-state index in [0.717, 1.165) is 0 Å². The molecule has 2 rings (SSSR count). The zero-order valence-corrected chi connectivity index (χ0v) is 13.7. The minimum atomic E-state index is -0.599. The Balaban J connectivity index is 2.18. The van der Waals surface area contributed by atoms with Crippen LogP contribution in [0.4, 0.5) is 10.5 Å². The second-order valence-electron chi connectivity index (χ2n) is 4.87. The molecule has 0 aliphatic rings. The molecule has 2 aromatic rings. The fourth-order valence-corrected chi connectivity index (χ4v) is 2.18. The molecule has 124 valence electrons. The van der Waals surface area contributed by atoms with Gasteiger partial charge in [0.1, 0.15) is 0 Å². The summed E-state index contributed by atoms with van der Waals surface area (Å²) in [6, 6.07) is 12.9. The maximum Gasteiger partial charge on any atom is 0.321 e. The van der Waals surface area contributed by atoms with Crippen molar-refractivity contribution in [1.29, 1.82) is 0 Å². The lowest BCUT2D eigenvalue weighted by Crippen LogP contribution is -2.40. The van der Waals surface area contributed by atoms with Crippen LogP contribution < -0.4 is 16.0 Å². The summed E-state index contributed by atoms with van der Waals surface area (Å²) >= 11 is 5.99. The Bertz CT molecular complexity index is 763. The number of hydrogen-bond acceptors (Lipinski definition) is 4. The third-order valence-corrected chi connectivity index (χ3v) is 3.42. The number of rotatable bonds is 5. The van der Waals surface area contributed by atoms with Crippen LogP contribution in [0.1, 0.15) is 15.9 Å². The van der Waals surface area contributed by atoms with Crippen molar-refractivity contribution in [3.8, 4) is 0 Å². The molecule has 0 bridgehead atoms. The molecule has 7 heteroatoms. The van der Waals surface area contributed by atoms with Gasteiger partial charge in [0.15, 0.2) is 5.78 Å². The number of nitrogens with one attached hydrogen (secondary N) is 3. The Hall–Kier alpha value is -2.86. The zero-order valence-electron chi connectivity index (χ0n) is 12.9. The highest BCUT2D eigenvalue weighted by atomic mass is 35.5. The van der Waals surface area contributed by atoms with Crippen LogP contribution in [-0.4, -0.2) is 31.3 Å². The van der Waals surface area contributed by atoms with Crippen molar-refractivity contribution in [1.82, 2.24) is 10.6 Å². The fourth-order valence-electron chi connectivity index (χ4n) is 2.01. The summed E-state index contributed by atoms with van der Waals surface area (Å²) in [7, 11) is 1.41. The van der Waals surface area contributed by atoms with Crippen LogP contribution in [-0.2, 0) is 4.79 Å². The number of carbonyl (C=O) groups is 3. The molecule has 0 saturated carbocycles. The topological polar surface area (TPSA) is 87.3 Å². The van der Waals surface area contributed by atoms with Crippen LogP contribution in [0.2, 0.25) is 5.02 Å². The van der Waals surface area contributed by atoms with E-state index < -0.39 is 11.9 Å². The second-order valence-corrected chi connectivity index (χ2v) is 5.30. The van der Waals surface area contributed by atoms with E-state index in [2.05, 4.69) is 16.0 Å². The number of amides is 3. The number of hydrogen-bond donors (Lipinski definition) is 3. The molecular weight excluding hydrogens is 330 g/mol. The van der Waals surface area contributed by atoms with Gasteiger partial charge in [0.05, 0.1) is 6.54 Å². The van der Waals surface area contributed by atoms with Crippen LogP contribution in [0.15, 0.2) is 48.5 Å². The van der Waals surface area contributed by atoms with Gasteiger partial charge in [-0.3, -0.25) is 14.9 Å². The summed E-state index contributed by atoms with van der Waals surface area (Å²) in [6.45, 7) is -0.163. The maximum absolute atomic E-state index is 12.6. The standard InChI is InChI=1S/C17H16ClN3O3/c1-19-17(24)21-15(22)10-20-14-8-7-12(18)9-13(14)16(23)11-5-3-2-4-6-11/h2-9,20H,10H2,1H3,(H2,19,21,22,24). The first-order chi connectivity index (χ1) is 11.5. The number of ketones is 1. The normalized spacial score (nSPS) is 9.92. The highest BCUT2D eigenvalue weighted by Crippen LogP contribution is 2.23. The SMILES string of the molecule is CNC(=O)NC(=O)CNc1ccc(Cl)cc1C(=O)c1ccccc1. The molecular formula is C17H16ClN3O3. The minimum absolute atomic E-state index is 0.163. The van der Waals surface area contributed by atoms with E-state index in [1.54, 1.807) is 36.4 Å². The number of urea groups is 1. The van der Waals surface area contributed by atoms with Crippen molar-refractivity contribution in [3.05, 3.63) is 64.7 Å². The fraction of sp³-hybridized carbons (Fsp3) is 0.118. The molecule has 0 unspecified atom stereocenters. The van der Waals surface area contributed by atoms with Crippen LogP contribution in [0.3, 0.4) is 0 Å². The number of halogens is 1. The van der Waals surface area contributed by atoms with E-state index >= 15 is 0 Å². The third kappa shape index (κ3) is 4.57. The van der Waals surface area contributed by atoms with E-state index in [1.807, 2.05) is 6.07 Å². The molecule has 0 fully saturated rings. The van der Waals surface area contributed by atoms with Crippen molar-refractivity contribution in [2.45, 2.75) is 0 Å². The second kappa shape index (κ2) is 8.12. The van der Waals surface area contributed by atoms with Gasteiger partial charge < -0.3 is 10.6 Å². The highest BCUT2D eigenvalue weighted by molar-refractivity contribution is 6.31. The van der Waals surface area contributed by atoms with Gasteiger partial charge in [0, 0.05) is 28.9 Å². The predicted molar refractivity (Wildman–Crippen MR) is 92.4 cm³/mol. The molecule has 0 saturated heterocycles. The van der Waals surface area contributed by atoms with Gasteiger partial charge in [0.25, 0.3) is 0 Å². The lowest BCUT2D eigenvalue weighted by Gasteiger charge is -2.12. The van der Waals surface area contributed by atoms with Crippen LogP contribution in [0.5, 0.6) is 0 Å². The largest absolute Gasteiger partial charge is 0.376 e. The number of carbonyl (C=O) groups excluding carboxylic acids is 3. The molecule has 3 amide bonds. The molecule has 3 N–H and O–H groups in total. The Labute approximate surface area is 144 Å². The molecule has 24 heavy (non-hydrogen) atoms. The summed E-state index contributed by atoms with van der Waals surface area (Å²) in [5.41, 5.74) is 1.32. The summed E-state index contributed by atoms with van der Waals surface area (Å²) in [5.74, 6) is -0.741. The number of anilines is 1. The van der Waals surface area contributed by atoms with Gasteiger partial charge in [-0.25, -0.2) is 4.79 Å². The molecule has 2 aromatic carbocycles.